The first-order chi connectivity index (χ1) is 16.3. The summed E-state index contributed by atoms with van der Waals surface area (Å²) in [6, 6.07) is 9.90. The summed E-state index contributed by atoms with van der Waals surface area (Å²) in [4.78, 5) is 28.3. The second-order valence-corrected chi connectivity index (χ2v) is 8.94. The fourth-order valence-electron chi connectivity index (χ4n) is 5.10. The monoisotopic (exact) mass is 467 g/mol. The van der Waals surface area contributed by atoms with Crippen LogP contribution in [0.2, 0.25) is 0 Å². The third-order valence-corrected chi connectivity index (χ3v) is 6.82. The third kappa shape index (κ3) is 4.22. The van der Waals surface area contributed by atoms with Gasteiger partial charge in [-0.1, -0.05) is 12.1 Å². The Morgan fingerprint density at radius 1 is 1.06 bits per heavy atom. The summed E-state index contributed by atoms with van der Waals surface area (Å²) >= 11 is 0. The van der Waals surface area contributed by atoms with Crippen molar-refractivity contribution >= 4 is 11.7 Å². The van der Waals surface area contributed by atoms with Gasteiger partial charge in [-0.3, -0.25) is 4.79 Å². The molecule has 6 nitrogen and oxygen atoms in total. The van der Waals surface area contributed by atoms with Crippen LogP contribution in [0.1, 0.15) is 40.7 Å². The van der Waals surface area contributed by atoms with Crippen LogP contribution in [0.4, 0.5) is 19.0 Å². The van der Waals surface area contributed by atoms with E-state index in [4.69, 9.17) is 0 Å². The van der Waals surface area contributed by atoms with Gasteiger partial charge >= 0.3 is 6.18 Å². The maximum absolute atomic E-state index is 13.7. The molecule has 1 N–H and O–H groups in total. The molecule has 1 aliphatic carbocycles. The number of aromatic nitrogens is 3. The maximum Gasteiger partial charge on any atom is 0.417 e. The minimum atomic E-state index is -4.41. The number of nitrogens with one attached hydrogen (secondary N) is 1. The number of aryl methyl sites for hydroxylation is 1. The van der Waals surface area contributed by atoms with Gasteiger partial charge in [-0.2, -0.15) is 13.2 Å². The highest BCUT2D eigenvalue weighted by molar-refractivity contribution is 6.01. The van der Waals surface area contributed by atoms with Crippen molar-refractivity contribution in [2.75, 3.05) is 11.9 Å². The highest BCUT2D eigenvalue weighted by Crippen LogP contribution is 2.38. The Hall–Kier alpha value is -3.49. The number of alkyl halides is 3. The van der Waals surface area contributed by atoms with Crippen LogP contribution in [0.15, 0.2) is 55.0 Å². The second kappa shape index (κ2) is 8.70. The summed E-state index contributed by atoms with van der Waals surface area (Å²) in [5.74, 6) is 1.11. The van der Waals surface area contributed by atoms with E-state index in [0.717, 1.165) is 42.7 Å². The number of fused-ring (bicyclic) bond motifs is 3. The number of halogens is 3. The van der Waals surface area contributed by atoms with E-state index in [-0.39, 0.29) is 23.9 Å². The zero-order chi connectivity index (χ0) is 23.9. The predicted molar refractivity (Wildman–Crippen MR) is 121 cm³/mol. The van der Waals surface area contributed by atoms with Crippen molar-refractivity contribution in [3.63, 3.8) is 0 Å². The molecule has 2 bridgehead atoms. The van der Waals surface area contributed by atoms with Crippen LogP contribution < -0.4 is 5.32 Å². The molecule has 1 saturated carbocycles. The first-order valence-electron chi connectivity index (χ1n) is 11.3. The molecule has 1 amide bonds. The minimum absolute atomic E-state index is 0.0352. The van der Waals surface area contributed by atoms with Crippen LogP contribution in [0, 0.1) is 12.8 Å². The summed E-state index contributed by atoms with van der Waals surface area (Å²) in [7, 11) is 0. The zero-order valence-corrected chi connectivity index (χ0v) is 18.6. The second-order valence-electron chi connectivity index (χ2n) is 8.94. The van der Waals surface area contributed by atoms with Gasteiger partial charge in [0.25, 0.3) is 5.91 Å². The molecule has 1 aromatic carbocycles. The number of carbonyl (C=O) groups excluding carboxylic acids is 1. The number of carbonyl (C=O) groups is 1. The molecule has 6 rings (SSSR count). The molecule has 3 aromatic rings. The van der Waals surface area contributed by atoms with Crippen molar-refractivity contribution in [2.24, 2.45) is 5.92 Å². The molecule has 3 unspecified atom stereocenters. The number of pyridine rings is 1. The Labute approximate surface area is 195 Å². The number of benzene rings is 1. The van der Waals surface area contributed by atoms with Crippen LogP contribution in [-0.2, 0) is 6.18 Å². The molecular formula is C25H24F3N5O. The topological polar surface area (TPSA) is 71.0 Å². The lowest BCUT2D eigenvalue weighted by Crippen LogP contribution is -2.58. The molecule has 34 heavy (non-hydrogen) atoms. The molecule has 9 heteroatoms. The molecule has 0 radical (unpaired) electrons. The fraction of sp³-hybridized carbons (Fsp3) is 0.360. The van der Waals surface area contributed by atoms with Gasteiger partial charge in [-0.25, -0.2) is 15.0 Å². The summed E-state index contributed by atoms with van der Waals surface area (Å²) in [5, 5.41) is 3.30. The van der Waals surface area contributed by atoms with Crippen LogP contribution >= 0.6 is 0 Å². The first-order valence-corrected chi connectivity index (χ1v) is 11.3. The lowest BCUT2D eigenvalue weighted by atomic mass is 9.75. The smallest absolute Gasteiger partial charge is 0.367 e. The predicted octanol–water partition coefficient (Wildman–Crippen LogP) is 4.97. The van der Waals surface area contributed by atoms with E-state index in [9.17, 15) is 18.0 Å². The Morgan fingerprint density at radius 2 is 1.85 bits per heavy atom. The Bertz CT molecular complexity index is 1180. The minimum Gasteiger partial charge on any atom is -0.367 e. The van der Waals surface area contributed by atoms with Gasteiger partial charge in [0, 0.05) is 42.8 Å². The normalized spacial score (nSPS) is 22.0. The molecule has 0 spiro atoms. The van der Waals surface area contributed by atoms with Crippen molar-refractivity contribution in [3.8, 4) is 11.4 Å². The maximum atomic E-state index is 13.7. The van der Waals surface area contributed by atoms with E-state index in [1.54, 1.807) is 18.5 Å². The van der Waals surface area contributed by atoms with Gasteiger partial charge in [0.1, 0.15) is 5.82 Å². The standard InChI is InChI=1S/C25H24F3N5O/c1-15-4-2-5-19(22(15)23-29-10-3-11-30-23)24(34)33-14-16-6-8-18(33)12-20(16)32-21-9-7-17(13-31-21)25(26,27)28/h2-5,7,9-11,13,16,18,20H,6,8,12,14H2,1H3,(H,31,32). The van der Waals surface area contributed by atoms with E-state index in [0.29, 0.717) is 23.8 Å². The van der Waals surface area contributed by atoms with Crippen LogP contribution in [0.25, 0.3) is 11.4 Å². The largest absolute Gasteiger partial charge is 0.417 e. The molecule has 2 saturated heterocycles. The first kappa shape index (κ1) is 22.3. The Balaban J connectivity index is 1.33. The van der Waals surface area contributed by atoms with Gasteiger partial charge in [0.15, 0.2) is 5.82 Å². The molecule has 2 aliphatic heterocycles. The van der Waals surface area contributed by atoms with Crippen LogP contribution in [-0.4, -0.2) is 44.4 Å². The summed E-state index contributed by atoms with van der Waals surface area (Å²) < 4.78 is 38.4. The molecule has 176 valence electrons. The zero-order valence-electron chi connectivity index (χ0n) is 18.6. The van der Waals surface area contributed by atoms with Gasteiger partial charge in [-0.05, 0) is 61.9 Å². The molecule has 2 aromatic heterocycles. The van der Waals surface area contributed by atoms with Crippen molar-refractivity contribution < 1.29 is 18.0 Å². The molecular weight excluding hydrogens is 443 g/mol. The average molecular weight is 467 g/mol. The number of amides is 1. The Kier molecular flexibility index (Phi) is 5.71. The van der Waals surface area contributed by atoms with E-state index in [1.165, 1.54) is 6.07 Å². The summed E-state index contributed by atoms with van der Waals surface area (Å²) in [5.41, 5.74) is 1.51. The number of rotatable bonds is 4. The van der Waals surface area contributed by atoms with E-state index in [1.807, 2.05) is 30.0 Å². The van der Waals surface area contributed by atoms with Crippen molar-refractivity contribution in [1.82, 2.24) is 19.9 Å². The van der Waals surface area contributed by atoms with Crippen molar-refractivity contribution in [1.29, 1.82) is 0 Å². The highest BCUT2D eigenvalue weighted by atomic mass is 19.4. The summed E-state index contributed by atoms with van der Waals surface area (Å²) in [6.45, 7) is 2.53. The molecule has 3 aliphatic rings. The SMILES string of the molecule is Cc1cccc(C(=O)N2CC3CCC2CC3Nc2ccc(C(F)(F)F)cn2)c1-c1ncccn1. The van der Waals surface area contributed by atoms with E-state index in [2.05, 4.69) is 20.3 Å². The van der Waals surface area contributed by atoms with E-state index >= 15 is 0 Å². The van der Waals surface area contributed by atoms with E-state index < -0.39 is 11.7 Å². The fourth-order valence-corrected chi connectivity index (χ4v) is 5.10. The van der Waals surface area contributed by atoms with Gasteiger partial charge in [0.2, 0.25) is 0 Å². The summed E-state index contributed by atoms with van der Waals surface area (Å²) in [6.07, 6.45) is 2.35. The molecule has 3 atom stereocenters. The van der Waals surface area contributed by atoms with Gasteiger partial charge in [-0.15, -0.1) is 0 Å². The number of piperidine rings is 2. The number of nitrogens with zero attached hydrogens (tertiary/aromatic N) is 4. The number of hydrogen-bond acceptors (Lipinski definition) is 5. The lowest BCUT2D eigenvalue weighted by Gasteiger charge is -2.50. The quantitative estimate of drug-likeness (QED) is 0.587. The molecule has 4 heterocycles. The van der Waals surface area contributed by atoms with Crippen molar-refractivity contribution in [2.45, 2.75) is 44.4 Å². The number of anilines is 1. The van der Waals surface area contributed by atoms with Crippen LogP contribution in [0.5, 0.6) is 0 Å². The van der Waals surface area contributed by atoms with Gasteiger partial charge < -0.3 is 10.2 Å². The van der Waals surface area contributed by atoms with Gasteiger partial charge in [0.05, 0.1) is 11.1 Å². The van der Waals surface area contributed by atoms with Crippen molar-refractivity contribution in [3.05, 3.63) is 71.7 Å². The average Bonchev–Trinajstić information content (AvgIpc) is 2.84. The Morgan fingerprint density at radius 3 is 2.50 bits per heavy atom. The third-order valence-electron chi connectivity index (χ3n) is 6.82. The lowest BCUT2D eigenvalue weighted by molar-refractivity contribution is -0.137. The highest BCUT2D eigenvalue weighted by Gasteiger charge is 2.43. The number of hydrogen-bond donors (Lipinski definition) is 1. The van der Waals surface area contributed by atoms with Crippen LogP contribution in [0.3, 0.4) is 0 Å². The molecule has 3 fully saturated rings.